The topological polar surface area (TPSA) is 75.7 Å². The monoisotopic (exact) mass is 239 g/mol. The van der Waals surface area contributed by atoms with Gasteiger partial charge in [-0.05, 0) is 36.1 Å². The molecule has 4 nitrogen and oxygen atoms in total. The van der Waals surface area contributed by atoms with Crippen LogP contribution in [0, 0.1) is 6.92 Å². The van der Waals surface area contributed by atoms with E-state index in [0.717, 1.165) is 22.6 Å². The molecule has 4 N–H and O–H groups in total. The first kappa shape index (κ1) is 13.8. The molecule has 0 aliphatic rings. The predicted octanol–water partition coefficient (Wildman–Crippen LogP) is 1.43. The number of rotatable bonds is 5. The van der Waals surface area contributed by atoms with E-state index in [9.17, 15) is 5.11 Å². The molecule has 4 heteroatoms. The van der Waals surface area contributed by atoms with Crippen molar-refractivity contribution in [2.75, 3.05) is 18.9 Å². The Balaban J connectivity index is 2.92. The summed E-state index contributed by atoms with van der Waals surface area (Å²) in [6.07, 6.45) is -0.854. The van der Waals surface area contributed by atoms with Crippen LogP contribution in [0.5, 0.6) is 5.75 Å². The lowest BCUT2D eigenvalue weighted by atomic mass is 9.99. The fourth-order valence-electron chi connectivity index (χ4n) is 1.53. The predicted molar refractivity (Wildman–Crippen MR) is 68.3 cm³/mol. The first-order valence-electron chi connectivity index (χ1n) is 5.77. The Morgan fingerprint density at radius 1 is 1.35 bits per heavy atom. The molecule has 0 saturated carbocycles. The minimum absolute atomic E-state index is 0.0829. The molecule has 0 fully saturated rings. The van der Waals surface area contributed by atoms with E-state index in [4.69, 9.17) is 15.6 Å². The number of hydrogen-bond acceptors (Lipinski definition) is 4. The lowest BCUT2D eigenvalue weighted by Crippen LogP contribution is -2.21. The first-order chi connectivity index (χ1) is 7.95. The summed E-state index contributed by atoms with van der Waals surface area (Å²) in [6, 6.07) is 3.77. The Labute approximate surface area is 102 Å². The average molecular weight is 239 g/mol. The molecule has 17 heavy (non-hydrogen) atoms. The fourth-order valence-corrected chi connectivity index (χ4v) is 1.53. The zero-order chi connectivity index (χ0) is 13.0. The van der Waals surface area contributed by atoms with Crippen molar-refractivity contribution in [3.05, 3.63) is 23.3 Å². The number of aliphatic hydroxyl groups is 2. The molecule has 0 radical (unpaired) electrons. The molecular formula is C13H21NO3. The van der Waals surface area contributed by atoms with Gasteiger partial charge in [0, 0.05) is 5.69 Å². The van der Waals surface area contributed by atoms with Crippen molar-refractivity contribution in [3.63, 3.8) is 0 Å². The van der Waals surface area contributed by atoms with E-state index in [2.05, 4.69) is 13.8 Å². The van der Waals surface area contributed by atoms with Gasteiger partial charge in [-0.1, -0.05) is 13.8 Å². The molecule has 0 spiro atoms. The van der Waals surface area contributed by atoms with E-state index in [-0.39, 0.29) is 13.2 Å². The Morgan fingerprint density at radius 3 is 2.53 bits per heavy atom. The zero-order valence-electron chi connectivity index (χ0n) is 10.6. The van der Waals surface area contributed by atoms with Crippen LogP contribution < -0.4 is 10.5 Å². The second-order valence-electron chi connectivity index (χ2n) is 4.55. The Morgan fingerprint density at radius 2 is 2.00 bits per heavy atom. The molecule has 0 saturated heterocycles. The molecular weight excluding hydrogens is 218 g/mol. The molecule has 0 bridgehead atoms. The van der Waals surface area contributed by atoms with Crippen molar-refractivity contribution in [3.8, 4) is 5.75 Å². The van der Waals surface area contributed by atoms with Crippen LogP contribution >= 0.6 is 0 Å². The number of ether oxygens (including phenoxy) is 1. The Kier molecular flexibility index (Phi) is 4.78. The minimum atomic E-state index is -0.854. The lowest BCUT2D eigenvalue weighted by molar-refractivity contribution is 0.0532. The van der Waals surface area contributed by atoms with E-state index < -0.39 is 6.10 Å². The maximum atomic E-state index is 9.27. The smallest absolute Gasteiger partial charge is 0.123 e. The van der Waals surface area contributed by atoms with Gasteiger partial charge in [-0.2, -0.15) is 0 Å². The molecule has 1 unspecified atom stereocenters. The van der Waals surface area contributed by atoms with Gasteiger partial charge < -0.3 is 20.7 Å². The van der Waals surface area contributed by atoms with Crippen molar-refractivity contribution in [2.45, 2.75) is 32.8 Å². The van der Waals surface area contributed by atoms with E-state index in [1.807, 2.05) is 19.1 Å². The minimum Gasteiger partial charge on any atom is -0.490 e. The number of nitrogen functional groups attached to an aromatic ring is 1. The SMILES string of the molecule is Cc1cc(OCC(O)CO)c(C(C)C)cc1N. The molecule has 0 aliphatic carbocycles. The van der Waals surface area contributed by atoms with Crippen molar-refractivity contribution in [1.82, 2.24) is 0 Å². The number of hydrogen-bond donors (Lipinski definition) is 3. The highest BCUT2D eigenvalue weighted by Crippen LogP contribution is 2.30. The summed E-state index contributed by atoms with van der Waals surface area (Å²) in [6.45, 7) is 5.80. The second-order valence-corrected chi connectivity index (χ2v) is 4.55. The summed E-state index contributed by atoms with van der Waals surface area (Å²) in [4.78, 5) is 0. The van der Waals surface area contributed by atoms with E-state index in [1.54, 1.807) is 0 Å². The summed E-state index contributed by atoms with van der Waals surface area (Å²) in [5.41, 5.74) is 8.56. The summed E-state index contributed by atoms with van der Waals surface area (Å²) in [5.74, 6) is 1.01. The van der Waals surface area contributed by atoms with E-state index in [0.29, 0.717) is 5.92 Å². The first-order valence-corrected chi connectivity index (χ1v) is 5.77. The van der Waals surface area contributed by atoms with Crippen LogP contribution in [0.1, 0.15) is 30.9 Å². The van der Waals surface area contributed by atoms with Crippen molar-refractivity contribution in [2.24, 2.45) is 0 Å². The van der Waals surface area contributed by atoms with Crippen LogP contribution in [0.3, 0.4) is 0 Å². The number of nitrogens with two attached hydrogens (primary N) is 1. The van der Waals surface area contributed by atoms with Crippen molar-refractivity contribution < 1.29 is 14.9 Å². The zero-order valence-corrected chi connectivity index (χ0v) is 10.6. The summed E-state index contributed by atoms with van der Waals surface area (Å²) in [5, 5.41) is 18.0. The Bertz CT molecular complexity index is 377. The van der Waals surface area contributed by atoms with E-state index >= 15 is 0 Å². The van der Waals surface area contributed by atoms with Gasteiger partial charge >= 0.3 is 0 Å². The van der Waals surface area contributed by atoms with Gasteiger partial charge in [-0.15, -0.1) is 0 Å². The number of aryl methyl sites for hydroxylation is 1. The number of anilines is 1. The molecule has 1 aromatic carbocycles. The van der Waals surface area contributed by atoms with Gasteiger partial charge in [0.25, 0.3) is 0 Å². The van der Waals surface area contributed by atoms with Gasteiger partial charge in [0.1, 0.15) is 18.5 Å². The Hall–Kier alpha value is -1.26. The number of benzene rings is 1. The fraction of sp³-hybridized carbons (Fsp3) is 0.538. The summed E-state index contributed by atoms with van der Waals surface area (Å²) in [7, 11) is 0. The maximum absolute atomic E-state index is 9.27. The maximum Gasteiger partial charge on any atom is 0.123 e. The quantitative estimate of drug-likeness (QED) is 0.679. The standard InChI is InChI=1S/C13H21NO3/c1-8(2)11-5-12(14)9(3)4-13(11)17-7-10(16)6-15/h4-5,8,10,15-16H,6-7,14H2,1-3H3. The molecule has 1 rings (SSSR count). The third-order valence-corrected chi connectivity index (χ3v) is 2.66. The molecule has 96 valence electrons. The average Bonchev–Trinajstić information content (AvgIpc) is 2.29. The van der Waals surface area contributed by atoms with Gasteiger partial charge in [0.15, 0.2) is 0 Å². The van der Waals surface area contributed by atoms with Crippen LogP contribution in [-0.4, -0.2) is 29.5 Å². The van der Waals surface area contributed by atoms with Crippen molar-refractivity contribution in [1.29, 1.82) is 0 Å². The highest BCUT2D eigenvalue weighted by Gasteiger charge is 2.12. The van der Waals surface area contributed by atoms with Gasteiger partial charge in [-0.3, -0.25) is 0 Å². The van der Waals surface area contributed by atoms with Crippen LogP contribution in [0.2, 0.25) is 0 Å². The highest BCUT2D eigenvalue weighted by molar-refractivity contribution is 5.55. The third-order valence-electron chi connectivity index (χ3n) is 2.66. The van der Waals surface area contributed by atoms with E-state index in [1.165, 1.54) is 0 Å². The van der Waals surface area contributed by atoms with Crippen LogP contribution in [-0.2, 0) is 0 Å². The molecule has 1 atom stereocenters. The third kappa shape index (κ3) is 3.61. The molecule has 1 aromatic rings. The molecule has 0 aromatic heterocycles. The van der Waals surface area contributed by atoms with Crippen LogP contribution in [0.15, 0.2) is 12.1 Å². The van der Waals surface area contributed by atoms with Crippen LogP contribution in [0.4, 0.5) is 5.69 Å². The lowest BCUT2D eigenvalue weighted by Gasteiger charge is -2.17. The number of aliphatic hydroxyl groups excluding tert-OH is 2. The summed E-state index contributed by atoms with van der Waals surface area (Å²) < 4.78 is 5.52. The van der Waals surface area contributed by atoms with Gasteiger partial charge in [0.05, 0.1) is 6.61 Å². The van der Waals surface area contributed by atoms with Crippen LogP contribution in [0.25, 0.3) is 0 Å². The van der Waals surface area contributed by atoms with Gasteiger partial charge in [0.2, 0.25) is 0 Å². The molecule has 0 amide bonds. The van der Waals surface area contributed by atoms with Crippen molar-refractivity contribution >= 4 is 5.69 Å². The highest BCUT2D eigenvalue weighted by atomic mass is 16.5. The summed E-state index contributed by atoms with van der Waals surface area (Å²) >= 11 is 0. The largest absolute Gasteiger partial charge is 0.490 e. The molecule has 0 heterocycles. The normalized spacial score (nSPS) is 12.8. The van der Waals surface area contributed by atoms with Gasteiger partial charge in [-0.25, -0.2) is 0 Å². The molecule has 0 aliphatic heterocycles. The second kappa shape index (κ2) is 5.89.